The molecule has 2 saturated heterocycles. The number of nitrogens with one attached hydrogen (secondary N) is 3. The number of fused-ring (bicyclic) bond motifs is 1. The van der Waals surface area contributed by atoms with Crippen LogP contribution in [0, 0.1) is 11.3 Å². The highest BCUT2D eigenvalue weighted by Crippen LogP contribution is 2.53. The molecule has 2 fully saturated rings. The first kappa shape index (κ1) is 24.1. The van der Waals surface area contributed by atoms with Crippen molar-refractivity contribution in [2.45, 2.75) is 37.9 Å². The van der Waals surface area contributed by atoms with Crippen LogP contribution in [0.25, 0.3) is 22.2 Å². The Balaban J connectivity index is 1.70. The Morgan fingerprint density at radius 1 is 1.20 bits per heavy atom. The van der Waals surface area contributed by atoms with Crippen LogP contribution in [-0.2, 0) is 10.7 Å². The van der Waals surface area contributed by atoms with E-state index in [4.69, 9.17) is 11.6 Å². The molecule has 1 atom stereocenters. The minimum absolute atomic E-state index is 0.0125. The van der Waals surface area contributed by atoms with E-state index in [1.54, 1.807) is 6.07 Å². The third-order valence-electron chi connectivity index (χ3n) is 6.68. The van der Waals surface area contributed by atoms with E-state index in [2.05, 4.69) is 31.7 Å². The van der Waals surface area contributed by atoms with E-state index in [9.17, 15) is 23.0 Å². The number of benzene rings is 1. The highest BCUT2D eigenvalue weighted by Gasteiger charge is 2.40. The van der Waals surface area contributed by atoms with Crippen molar-refractivity contribution in [3.8, 4) is 17.3 Å². The normalized spacial score (nSPS) is 20.1. The van der Waals surface area contributed by atoms with Gasteiger partial charge in [-0.3, -0.25) is 0 Å². The zero-order valence-corrected chi connectivity index (χ0v) is 20.3. The molecule has 12 heteroatoms. The van der Waals surface area contributed by atoms with Gasteiger partial charge in [0.15, 0.2) is 0 Å². The molecule has 0 saturated carbocycles. The minimum atomic E-state index is -4.80. The van der Waals surface area contributed by atoms with E-state index in [0.717, 1.165) is 32.2 Å². The van der Waals surface area contributed by atoms with E-state index in [0.29, 0.717) is 35.1 Å². The molecule has 0 spiro atoms. The second-order valence-corrected chi connectivity index (χ2v) is 12.5. The van der Waals surface area contributed by atoms with Gasteiger partial charge in [-0.1, -0.05) is 17.7 Å². The molecule has 0 amide bonds. The Hall–Kier alpha value is -2.60. The lowest BCUT2D eigenvalue weighted by Crippen LogP contribution is -2.38. The second kappa shape index (κ2) is 9.12. The summed E-state index contributed by atoms with van der Waals surface area (Å²) in [6.45, 7) is 1.52. The highest BCUT2D eigenvalue weighted by molar-refractivity contribution is 7.72. The molecule has 7 nitrogen and oxygen atoms in total. The van der Waals surface area contributed by atoms with E-state index in [1.807, 2.05) is 0 Å². The molecule has 3 aromatic rings. The van der Waals surface area contributed by atoms with Crippen molar-refractivity contribution in [2.75, 3.05) is 30.7 Å². The van der Waals surface area contributed by atoms with Gasteiger partial charge in [0, 0.05) is 42.1 Å². The predicted octanol–water partition coefficient (Wildman–Crippen LogP) is 5.11. The first-order valence-electron chi connectivity index (χ1n) is 11.5. The smallest absolute Gasteiger partial charge is 0.360 e. The first-order valence-corrected chi connectivity index (χ1v) is 13.9. The Morgan fingerprint density at radius 3 is 2.63 bits per heavy atom. The highest BCUT2D eigenvalue weighted by atomic mass is 35.5. The predicted molar refractivity (Wildman–Crippen MR) is 130 cm³/mol. The average molecular weight is 523 g/mol. The fourth-order valence-corrected chi connectivity index (χ4v) is 8.64. The van der Waals surface area contributed by atoms with Gasteiger partial charge >= 0.3 is 6.18 Å². The zero-order chi connectivity index (χ0) is 24.8. The summed E-state index contributed by atoms with van der Waals surface area (Å²) in [6.07, 6.45) is 0.899. The number of rotatable bonds is 4. The summed E-state index contributed by atoms with van der Waals surface area (Å²) in [6, 6.07) is 5.16. The summed E-state index contributed by atoms with van der Waals surface area (Å²) < 4.78 is 56.0. The fraction of sp³-hybridized carbons (Fsp3) is 0.435. The maximum atomic E-state index is 14.1. The number of nitrogens with zero attached hydrogens (tertiary/aromatic N) is 3. The Kier molecular flexibility index (Phi) is 6.28. The van der Waals surface area contributed by atoms with Gasteiger partial charge < -0.3 is 20.2 Å². The Labute approximate surface area is 204 Å². The SMILES string of the molecule is N#Cc1ccc2c(-c3nc(N[C@H]4CCCNC4)nc(Cl)c3C(F)(F)F)c[nH]c2c1P1(=O)CCCC1. The van der Waals surface area contributed by atoms with Crippen molar-refractivity contribution in [2.24, 2.45) is 0 Å². The molecule has 0 unspecified atom stereocenters. The Morgan fingerprint density at radius 2 is 1.97 bits per heavy atom. The van der Waals surface area contributed by atoms with Crippen molar-refractivity contribution in [1.82, 2.24) is 20.3 Å². The molecule has 3 N–H and O–H groups in total. The quantitative estimate of drug-likeness (QED) is 0.324. The van der Waals surface area contributed by atoms with Gasteiger partial charge in [0.05, 0.1) is 28.1 Å². The lowest BCUT2D eigenvalue weighted by atomic mass is 10.0. The maximum absolute atomic E-state index is 14.1. The van der Waals surface area contributed by atoms with Gasteiger partial charge in [-0.15, -0.1) is 0 Å². The lowest BCUT2D eigenvalue weighted by Gasteiger charge is -2.24. The lowest BCUT2D eigenvalue weighted by molar-refractivity contribution is -0.137. The number of nitriles is 1. The summed E-state index contributed by atoms with van der Waals surface area (Å²) in [5.74, 6) is 0.0125. The van der Waals surface area contributed by atoms with Crippen LogP contribution in [0.2, 0.25) is 5.15 Å². The van der Waals surface area contributed by atoms with Gasteiger partial charge in [0.2, 0.25) is 5.95 Å². The van der Waals surface area contributed by atoms with Crippen LogP contribution in [0.5, 0.6) is 0 Å². The van der Waals surface area contributed by atoms with Gasteiger partial charge in [0.1, 0.15) is 17.9 Å². The topological polar surface area (TPSA) is 106 Å². The van der Waals surface area contributed by atoms with Crippen LogP contribution in [-0.4, -0.2) is 46.4 Å². The van der Waals surface area contributed by atoms with Crippen LogP contribution >= 0.6 is 18.7 Å². The van der Waals surface area contributed by atoms with Gasteiger partial charge in [-0.05, 0) is 38.3 Å². The monoisotopic (exact) mass is 522 g/mol. The number of aromatic nitrogens is 3. The molecule has 5 rings (SSSR count). The molecule has 2 aliphatic rings. The summed E-state index contributed by atoms with van der Waals surface area (Å²) in [5, 5.41) is 16.1. The fourth-order valence-electron chi connectivity index (χ4n) is 5.06. The first-order chi connectivity index (χ1) is 16.7. The number of hydrogen-bond acceptors (Lipinski definition) is 6. The molecule has 2 aliphatic heterocycles. The molecule has 1 aromatic carbocycles. The molecule has 0 aliphatic carbocycles. The van der Waals surface area contributed by atoms with Crippen molar-refractivity contribution < 1.29 is 17.7 Å². The number of halogens is 4. The Bertz CT molecular complexity index is 1370. The van der Waals surface area contributed by atoms with Crippen molar-refractivity contribution in [1.29, 1.82) is 5.26 Å². The van der Waals surface area contributed by atoms with E-state index >= 15 is 0 Å². The number of H-pyrrole nitrogens is 1. The van der Waals surface area contributed by atoms with Gasteiger partial charge in [0.25, 0.3) is 0 Å². The summed E-state index contributed by atoms with van der Waals surface area (Å²) in [7, 11) is -2.84. The number of aromatic amines is 1. The molecule has 0 radical (unpaired) electrons. The van der Waals surface area contributed by atoms with Crippen molar-refractivity contribution >= 4 is 40.9 Å². The van der Waals surface area contributed by atoms with E-state index < -0.39 is 24.0 Å². The third kappa shape index (κ3) is 4.42. The average Bonchev–Trinajstić information content (AvgIpc) is 3.44. The number of alkyl halides is 3. The number of anilines is 1. The molecule has 35 heavy (non-hydrogen) atoms. The molecule has 184 valence electrons. The largest absolute Gasteiger partial charge is 0.421 e. The number of hydrogen-bond donors (Lipinski definition) is 3. The summed E-state index contributed by atoms with van der Waals surface area (Å²) in [4.78, 5) is 11.2. The molecular weight excluding hydrogens is 500 g/mol. The molecular formula is C23H23ClF3N6OP. The maximum Gasteiger partial charge on any atom is 0.421 e. The standard InChI is InChI=1S/C23H23ClF3N6OP/c24-21-17(23(25,26)27)18(32-22(33-21)31-14-4-3-7-29-11-14)16-12-30-19-15(16)6-5-13(10-28)20(19)35(34)8-1-2-9-35/h5-6,12,14,29-30H,1-4,7-9,11H2,(H,31,32,33)/t14-/m0/s1. The van der Waals surface area contributed by atoms with Crippen molar-refractivity contribution in [3.05, 3.63) is 34.6 Å². The van der Waals surface area contributed by atoms with Crippen LogP contribution in [0.3, 0.4) is 0 Å². The minimum Gasteiger partial charge on any atom is -0.360 e. The van der Waals surface area contributed by atoms with Gasteiger partial charge in [-0.25, -0.2) is 9.97 Å². The van der Waals surface area contributed by atoms with Crippen LogP contribution in [0.4, 0.5) is 19.1 Å². The third-order valence-corrected chi connectivity index (χ3v) is 10.3. The number of piperidine rings is 1. The molecule has 2 aromatic heterocycles. The summed E-state index contributed by atoms with van der Waals surface area (Å²) >= 11 is 6.09. The molecule has 4 heterocycles. The zero-order valence-electron chi connectivity index (χ0n) is 18.7. The van der Waals surface area contributed by atoms with Gasteiger partial charge in [-0.2, -0.15) is 18.4 Å². The van der Waals surface area contributed by atoms with Crippen LogP contribution in [0.15, 0.2) is 18.3 Å². The van der Waals surface area contributed by atoms with Crippen molar-refractivity contribution in [3.63, 3.8) is 0 Å². The van der Waals surface area contributed by atoms with E-state index in [1.165, 1.54) is 12.3 Å². The second-order valence-electron chi connectivity index (χ2n) is 8.99. The van der Waals surface area contributed by atoms with E-state index in [-0.39, 0.29) is 28.8 Å². The molecule has 0 bridgehead atoms. The van der Waals surface area contributed by atoms with Crippen LogP contribution < -0.4 is 15.9 Å². The summed E-state index contributed by atoms with van der Waals surface area (Å²) in [5.41, 5.74) is -0.641. The van der Waals surface area contributed by atoms with Crippen LogP contribution in [0.1, 0.15) is 36.8 Å².